The van der Waals surface area contributed by atoms with Crippen molar-refractivity contribution < 1.29 is 9.50 Å². The van der Waals surface area contributed by atoms with Crippen LogP contribution < -0.4 is 0 Å². The van der Waals surface area contributed by atoms with Gasteiger partial charge in [0.15, 0.2) is 0 Å². The lowest BCUT2D eigenvalue weighted by molar-refractivity contribution is 0.0859. The Morgan fingerprint density at radius 1 is 1.27 bits per heavy atom. The van der Waals surface area contributed by atoms with Gasteiger partial charge in [0.2, 0.25) is 0 Å². The SMILES string of the molecule is CCCCCC[C@@H](F)[C@@H](C)O. The fourth-order valence-corrected chi connectivity index (χ4v) is 1.01. The number of alkyl halides is 1. The molecule has 0 heterocycles. The molecule has 2 atom stereocenters. The largest absolute Gasteiger partial charge is 0.390 e. The summed E-state index contributed by atoms with van der Waals surface area (Å²) in [6, 6.07) is 0. The number of halogens is 1. The number of rotatable bonds is 6. The highest BCUT2D eigenvalue weighted by molar-refractivity contribution is 4.61. The molecule has 2 heteroatoms. The summed E-state index contributed by atoms with van der Waals surface area (Å²) in [6.07, 6.45) is 3.03. The summed E-state index contributed by atoms with van der Waals surface area (Å²) in [5.74, 6) is 0. The molecule has 0 radical (unpaired) electrons. The maximum atomic E-state index is 12.7. The van der Waals surface area contributed by atoms with Gasteiger partial charge in [-0.25, -0.2) is 4.39 Å². The van der Waals surface area contributed by atoms with Gasteiger partial charge in [-0.1, -0.05) is 32.6 Å². The summed E-state index contributed by atoms with van der Waals surface area (Å²) in [7, 11) is 0. The Balaban J connectivity index is 3.10. The van der Waals surface area contributed by atoms with Crippen LogP contribution in [0.25, 0.3) is 0 Å². The number of aliphatic hydroxyl groups is 1. The zero-order valence-electron chi connectivity index (χ0n) is 7.52. The van der Waals surface area contributed by atoms with E-state index < -0.39 is 12.3 Å². The van der Waals surface area contributed by atoms with Crippen molar-refractivity contribution in [2.45, 2.75) is 58.2 Å². The maximum absolute atomic E-state index is 12.7. The second-order valence-electron chi connectivity index (χ2n) is 3.11. The Kier molecular flexibility index (Phi) is 6.52. The molecular formula is C9H19FO. The van der Waals surface area contributed by atoms with Gasteiger partial charge in [-0.05, 0) is 13.3 Å². The van der Waals surface area contributed by atoms with Gasteiger partial charge in [0.05, 0.1) is 6.10 Å². The van der Waals surface area contributed by atoms with Crippen molar-refractivity contribution in [2.24, 2.45) is 0 Å². The minimum Gasteiger partial charge on any atom is -0.390 e. The molecular weight excluding hydrogens is 143 g/mol. The van der Waals surface area contributed by atoms with E-state index >= 15 is 0 Å². The average Bonchev–Trinajstić information content (AvgIpc) is 1.97. The second-order valence-corrected chi connectivity index (χ2v) is 3.11. The quantitative estimate of drug-likeness (QED) is 0.595. The van der Waals surface area contributed by atoms with Gasteiger partial charge in [-0.2, -0.15) is 0 Å². The zero-order chi connectivity index (χ0) is 8.69. The molecule has 0 saturated carbocycles. The van der Waals surface area contributed by atoms with Crippen LogP contribution in [0.1, 0.15) is 46.0 Å². The Morgan fingerprint density at radius 3 is 2.36 bits per heavy atom. The molecule has 0 aromatic carbocycles. The van der Waals surface area contributed by atoms with E-state index in [-0.39, 0.29) is 0 Å². The fraction of sp³-hybridized carbons (Fsp3) is 1.00. The third-order valence-electron chi connectivity index (χ3n) is 1.86. The van der Waals surface area contributed by atoms with Crippen molar-refractivity contribution in [1.82, 2.24) is 0 Å². The van der Waals surface area contributed by atoms with Crippen molar-refractivity contribution in [2.75, 3.05) is 0 Å². The molecule has 0 unspecified atom stereocenters. The van der Waals surface area contributed by atoms with E-state index in [0.717, 1.165) is 12.8 Å². The monoisotopic (exact) mass is 162 g/mol. The third kappa shape index (κ3) is 6.29. The number of unbranched alkanes of at least 4 members (excludes halogenated alkanes) is 3. The Hall–Kier alpha value is -0.110. The van der Waals surface area contributed by atoms with Crippen molar-refractivity contribution in [3.05, 3.63) is 0 Å². The molecule has 68 valence electrons. The van der Waals surface area contributed by atoms with Crippen molar-refractivity contribution in [3.63, 3.8) is 0 Å². The number of hydrogen-bond donors (Lipinski definition) is 1. The molecule has 0 amide bonds. The summed E-state index contributed by atoms with van der Waals surface area (Å²) >= 11 is 0. The predicted molar refractivity (Wildman–Crippen MR) is 45.3 cm³/mol. The second kappa shape index (κ2) is 6.59. The van der Waals surface area contributed by atoms with Gasteiger partial charge in [0, 0.05) is 0 Å². The normalized spacial score (nSPS) is 16.4. The van der Waals surface area contributed by atoms with Crippen LogP contribution in [0.2, 0.25) is 0 Å². The summed E-state index contributed by atoms with van der Waals surface area (Å²) in [5, 5.41) is 8.80. The van der Waals surface area contributed by atoms with Crippen LogP contribution in [0.3, 0.4) is 0 Å². The predicted octanol–water partition coefficient (Wildman–Crippen LogP) is 2.68. The van der Waals surface area contributed by atoms with Crippen molar-refractivity contribution in [1.29, 1.82) is 0 Å². The van der Waals surface area contributed by atoms with Crippen molar-refractivity contribution >= 4 is 0 Å². The van der Waals surface area contributed by atoms with E-state index in [4.69, 9.17) is 5.11 Å². The molecule has 0 aliphatic carbocycles. The highest BCUT2D eigenvalue weighted by atomic mass is 19.1. The Morgan fingerprint density at radius 2 is 1.91 bits per heavy atom. The molecule has 11 heavy (non-hydrogen) atoms. The molecule has 0 aromatic rings. The maximum Gasteiger partial charge on any atom is 0.126 e. The summed E-state index contributed by atoms with van der Waals surface area (Å²) in [4.78, 5) is 0. The Bertz CT molecular complexity index is 83.6. The van der Waals surface area contributed by atoms with Crippen LogP contribution >= 0.6 is 0 Å². The van der Waals surface area contributed by atoms with Gasteiger partial charge in [-0.15, -0.1) is 0 Å². The first-order valence-electron chi connectivity index (χ1n) is 4.50. The van der Waals surface area contributed by atoms with Crippen LogP contribution in [-0.2, 0) is 0 Å². The van der Waals surface area contributed by atoms with E-state index in [1.54, 1.807) is 0 Å². The van der Waals surface area contributed by atoms with E-state index in [1.807, 2.05) is 0 Å². The van der Waals surface area contributed by atoms with E-state index in [1.165, 1.54) is 19.8 Å². The van der Waals surface area contributed by atoms with E-state index in [9.17, 15) is 4.39 Å². The van der Waals surface area contributed by atoms with Crippen LogP contribution in [0.4, 0.5) is 4.39 Å². The van der Waals surface area contributed by atoms with Crippen LogP contribution in [0.5, 0.6) is 0 Å². The lowest BCUT2D eigenvalue weighted by Gasteiger charge is -2.09. The zero-order valence-corrected chi connectivity index (χ0v) is 7.52. The van der Waals surface area contributed by atoms with Gasteiger partial charge < -0.3 is 5.11 Å². The molecule has 0 aliphatic heterocycles. The minimum atomic E-state index is -1.02. The number of aliphatic hydroxyl groups excluding tert-OH is 1. The lowest BCUT2D eigenvalue weighted by Crippen LogP contribution is -2.17. The van der Waals surface area contributed by atoms with Crippen LogP contribution in [-0.4, -0.2) is 17.4 Å². The highest BCUT2D eigenvalue weighted by Gasteiger charge is 2.11. The van der Waals surface area contributed by atoms with Crippen LogP contribution in [0.15, 0.2) is 0 Å². The van der Waals surface area contributed by atoms with Gasteiger partial charge in [-0.3, -0.25) is 0 Å². The summed E-state index contributed by atoms with van der Waals surface area (Å²) < 4.78 is 12.7. The topological polar surface area (TPSA) is 20.2 Å². The molecule has 1 N–H and O–H groups in total. The number of hydrogen-bond acceptors (Lipinski definition) is 1. The lowest BCUT2D eigenvalue weighted by atomic mass is 10.1. The smallest absolute Gasteiger partial charge is 0.126 e. The van der Waals surface area contributed by atoms with E-state index in [2.05, 4.69) is 6.92 Å². The summed E-state index contributed by atoms with van der Waals surface area (Å²) in [6.45, 7) is 3.63. The first-order valence-corrected chi connectivity index (χ1v) is 4.50. The highest BCUT2D eigenvalue weighted by Crippen LogP contribution is 2.10. The van der Waals surface area contributed by atoms with Gasteiger partial charge >= 0.3 is 0 Å². The first kappa shape index (κ1) is 10.9. The molecule has 0 spiro atoms. The van der Waals surface area contributed by atoms with Crippen LogP contribution in [0, 0.1) is 0 Å². The third-order valence-corrected chi connectivity index (χ3v) is 1.86. The fourth-order valence-electron chi connectivity index (χ4n) is 1.01. The standard InChI is InChI=1S/C9H19FO/c1-3-4-5-6-7-9(10)8(2)11/h8-9,11H,3-7H2,1-2H3/t8-,9-/m1/s1. The molecule has 0 rings (SSSR count). The average molecular weight is 162 g/mol. The first-order chi connectivity index (χ1) is 5.18. The molecule has 0 aliphatic rings. The minimum absolute atomic E-state index is 0.512. The molecule has 1 nitrogen and oxygen atoms in total. The molecule has 0 bridgehead atoms. The summed E-state index contributed by atoms with van der Waals surface area (Å²) in [5.41, 5.74) is 0. The van der Waals surface area contributed by atoms with E-state index in [0.29, 0.717) is 6.42 Å². The van der Waals surface area contributed by atoms with Crippen molar-refractivity contribution in [3.8, 4) is 0 Å². The molecule has 0 aromatic heterocycles. The molecule has 0 fully saturated rings. The Labute approximate surface area is 68.6 Å². The molecule has 0 saturated heterocycles. The van der Waals surface area contributed by atoms with Gasteiger partial charge in [0.25, 0.3) is 0 Å². The van der Waals surface area contributed by atoms with Gasteiger partial charge in [0.1, 0.15) is 6.17 Å².